The Bertz CT molecular complexity index is 697. The Morgan fingerprint density at radius 1 is 1.30 bits per heavy atom. The fourth-order valence-corrected chi connectivity index (χ4v) is 3.40. The van der Waals surface area contributed by atoms with Crippen molar-refractivity contribution in [2.75, 3.05) is 39.9 Å². The van der Waals surface area contributed by atoms with Crippen LogP contribution < -0.4 is 0 Å². The minimum atomic E-state index is -0.0549. The molecule has 0 radical (unpaired) electrons. The minimum absolute atomic E-state index is 0. The van der Waals surface area contributed by atoms with E-state index in [0.29, 0.717) is 37.9 Å². The summed E-state index contributed by atoms with van der Waals surface area (Å²) >= 11 is 0. The number of carbonyl (C=O) groups excluding carboxylic acids is 1. The molecule has 2 aromatic heterocycles. The molecule has 1 atom stereocenters. The molecule has 3 rings (SSSR count). The molecule has 1 fully saturated rings. The lowest BCUT2D eigenvalue weighted by atomic mass is 10.0. The fourth-order valence-electron chi connectivity index (χ4n) is 3.40. The van der Waals surface area contributed by atoms with Gasteiger partial charge in [0.25, 0.3) is 5.91 Å². The second-order valence-electron chi connectivity index (χ2n) is 6.75. The maximum absolute atomic E-state index is 12.4. The molecule has 0 N–H and O–H groups in total. The molecule has 0 spiro atoms. The summed E-state index contributed by atoms with van der Waals surface area (Å²) in [5, 5.41) is 12.2. The summed E-state index contributed by atoms with van der Waals surface area (Å²) in [6.07, 6.45) is 1.53. The second kappa shape index (κ2) is 9.82. The van der Waals surface area contributed by atoms with Crippen LogP contribution in [0.2, 0.25) is 0 Å². The predicted molar refractivity (Wildman–Crippen MR) is 101 cm³/mol. The van der Waals surface area contributed by atoms with E-state index in [1.807, 2.05) is 9.58 Å². The third-order valence-electron chi connectivity index (χ3n) is 4.69. The fraction of sp³-hybridized carbons (Fsp3) is 0.647. The van der Waals surface area contributed by atoms with E-state index in [4.69, 9.17) is 9.15 Å². The molecular formula is C17H27ClN6O3. The van der Waals surface area contributed by atoms with E-state index >= 15 is 0 Å². The van der Waals surface area contributed by atoms with Crippen molar-refractivity contribution in [3.05, 3.63) is 30.0 Å². The van der Waals surface area contributed by atoms with Gasteiger partial charge in [-0.1, -0.05) is 13.8 Å². The third kappa shape index (κ3) is 4.85. The minimum Gasteiger partial charge on any atom is -0.459 e. The first-order valence-electron chi connectivity index (χ1n) is 8.93. The van der Waals surface area contributed by atoms with Crippen LogP contribution in [0.5, 0.6) is 0 Å². The molecule has 27 heavy (non-hydrogen) atoms. The van der Waals surface area contributed by atoms with E-state index in [1.165, 1.54) is 6.26 Å². The molecule has 1 unspecified atom stereocenters. The SMILES string of the molecule is COCCn1nnnc1C(C(C)C)N1CCN(C(=O)c2ccco2)CC1.Cl. The zero-order chi connectivity index (χ0) is 18.5. The van der Waals surface area contributed by atoms with Gasteiger partial charge in [0.15, 0.2) is 11.6 Å². The smallest absolute Gasteiger partial charge is 0.289 e. The molecule has 0 aliphatic carbocycles. The number of tetrazole rings is 1. The van der Waals surface area contributed by atoms with Crippen LogP contribution in [-0.4, -0.2) is 75.8 Å². The normalized spacial score (nSPS) is 16.4. The van der Waals surface area contributed by atoms with E-state index in [9.17, 15) is 4.79 Å². The topological polar surface area (TPSA) is 89.5 Å². The molecule has 1 aliphatic heterocycles. The summed E-state index contributed by atoms with van der Waals surface area (Å²) in [6.45, 7) is 8.37. The van der Waals surface area contributed by atoms with Crippen molar-refractivity contribution in [1.82, 2.24) is 30.0 Å². The van der Waals surface area contributed by atoms with Crippen LogP contribution in [0.1, 0.15) is 36.3 Å². The van der Waals surface area contributed by atoms with Gasteiger partial charge in [-0.2, -0.15) is 0 Å². The van der Waals surface area contributed by atoms with Crippen LogP contribution in [0, 0.1) is 5.92 Å². The van der Waals surface area contributed by atoms with E-state index < -0.39 is 0 Å². The highest BCUT2D eigenvalue weighted by molar-refractivity contribution is 5.91. The number of furan rings is 1. The third-order valence-corrected chi connectivity index (χ3v) is 4.69. The van der Waals surface area contributed by atoms with Gasteiger partial charge in [-0.05, 0) is 28.5 Å². The van der Waals surface area contributed by atoms with Crippen LogP contribution in [-0.2, 0) is 11.3 Å². The monoisotopic (exact) mass is 398 g/mol. The molecule has 0 aromatic carbocycles. The van der Waals surface area contributed by atoms with Gasteiger partial charge in [-0.3, -0.25) is 9.69 Å². The number of rotatable bonds is 7. The number of halogens is 1. The Morgan fingerprint density at radius 2 is 2.04 bits per heavy atom. The highest BCUT2D eigenvalue weighted by Crippen LogP contribution is 2.28. The van der Waals surface area contributed by atoms with Gasteiger partial charge >= 0.3 is 0 Å². The first-order valence-corrected chi connectivity index (χ1v) is 8.93. The second-order valence-corrected chi connectivity index (χ2v) is 6.75. The number of ether oxygens (including phenoxy) is 1. The molecule has 3 heterocycles. The van der Waals surface area contributed by atoms with Gasteiger partial charge in [-0.15, -0.1) is 17.5 Å². The maximum atomic E-state index is 12.4. The number of carbonyl (C=O) groups is 1. The van der Waals surface area contributed by atoms with Gasteiger partial charge in [0.2, 0.25) is 0 Å². The lowest BCUT2D eigenvalue weighted by molar-refractivity contribution is 0.0460. The molecule has 150 valence electrons. The van der Waals surface area contributed by atoms with Crippen molar-refractivity contribution in [2.45, 2.75) is 26.4 Å². The zero-order valence-electron chi connectivity index (χ0n) is 15.9. The van der Waals surface area contributed by atoms with Gasteiger partial charge in [-0.25, -0.2) is 4.68 Å². The standard InChI is InChI=1S/C17H26N6O3.ClH/c1-13(2)15(16-18-19-20-23(16)10-12-25-3)21-6-8-22(9-7-21)17(24)14-5-4-11-26-14;/h4-5,11,13,15H,6-10,12H2,1-3H3;1H. The highest BCUT2D eigenvalue weighted by Gasteiger charge is 2.33. The summed E-state index contributed by atoms with van der Waals surface area (Å²) in [4.78, 5) is 16.6. The molecule has 9 nitrogen and oxygen atoms in total. The summed E-state index contributed by atoms with van der Waals surface area (Å²) in [5.41, 5.74) is 0. The van der Waals surface area contributed by atoms with Gasteiger partial charge in [0.05, 0.1) is 25.5 Å². The van der Waals surface area contributed by atoms with Crippen molar-refractivity contribution in [3.8, 4) is 0 Å². The number of piperazine rings is 1. The number of aromatic nitrogens is 4. The van der Waals surface area contributed by atoms with E-state index in [1.54, 1.807) is 19.2 Å². The molecule has 10 heteroatoms. The Morgan fingerprint density at radius 3 is 2.63 bits per heavy atom. The predicted octanol–water partition coefficient (Wildman–Crippen LogP) is 1.49. The molecule has 0 saturated carbocycles. The molecule has 2 aromatic rings. The van der Waals surface area contributed by atoms with Crippen LogP contribution >= 0.6 is 12.4 Å². The van der Waals surface area contributed by atoms with Crippen molar-refractivity contribution >= 4 is 18.3 Å². The first kappa shape index (κ1) is 21.3. The Hall–Kier alpha value is -1.97. The molecule has 1 amide bonds. The van der Waals surface area contributed by atoms with Crippen molar-refractivity contribution < 1.29 is 13.9 Å². The van der Waals surface area contributed by atoms with E-state index in [2.05, 4.69) is 34.3 Å². The maximum Gasteiger partial charge on any atom is 0.289 e. The largest absolute Gasteiger partial charge is 0.459 e. The number of methoxy groups -OCH3 is 1. The van der Waals surface area contributed by atoms with Gasteiger partial charge < -0.3 is 14.1 Å². The lowest BCUT2D eigenvalue weighted by Gasteiger charge is -2.40. The molecular weight excluding hydrogens is 372 g/mol. The van der Waals surface area contributed by atoms with Crippen LogP contribution in [0.4, 0.5) is 0 Å². The quantitative estimate of drug-likeness (QED) is 0.697. The van der Waals surface area contributed by atoms with Crippen molar-refractivity contribution in [2.24, 2.45) is 5.92 Å². The van der Waals surface area contributed by atoms with Gasteiger partial charge in [0, 0.05) is 33.3 Å². The van der Waals surface area contributed by atoms with E-state index in [-0.39, 0.29) is 24.4 Å². The van der Waals surface area contributed by atoms with Gasteiger partial charge in [0.1, 0.15) is 0 Å². The van der Waals surface area contributed by atoms with Crippen molar-refractivity contribution in [1.29, 1.82) is 0 Å². The average Bonchev–Trinajstić information content (AvgIpc) is 3.32. The number of hydrogen-bond donors (Lipinski definition) is 0. The van der Waals surface area contributed by atoms with Crippen LogP contribution in [0.25, 0.3) is 0 Å². The van der Waals surface area contributed by atoms with Crippen LogP contribution in [0.3, 0.4) is 0 Å². The summed E-state index contributed by atoms with van der Waals surface area (Å²) in [6, 6.07) is 3.54. The summed E-state index contributed by atoms with van der Waals surface area (Å²) in [5.74, 6) is 1.53. The Balaban J connectivity index is 0.00000261. The molecule has 1 saturated heterocycles. The summed E-state index contributed by atoms with van der Waals surface area (Å²) < 4.78 is 12.2. The number of nitrogens with zero attached hydrogens (tertiary/aromatic N) is 6. The molecule has 1 aliphatic rings. The number of amides is 1. The number of hydrogen-bond acceptors (Lipinski definition) is 7. The lowest BCUT2D eigenvalue weighted by Crippen LogP contribution is -2.50. The zero-order valence-corrected chi connectivity index (χ0v) is 16.8. The van der Waals surface area contributed by atoms with E-state index in [0.717, 1.165) is 18.9 Å². The Labute approximate surface area is 165 Å². The first-order chi connectivity index (χ1) is 12.6. The van der Waals surface area contributed by atoms with Crippen molar-refractivity contribution in [3.63, 3.8) is 0 Å². The Kier molecular flexibility index (Phi) is 7.76. The van der Waals surface area contributed by atoms with Crippen LogP contribution in [0.15, 0.2) is 22.8 Å². The highest BCUT2D eigenvalue weighted by atomic mass is 35.5. The molecule has 0 bridgehead atoms. The summed E-state index contributed by atoms with van der Waals surface area (Å²) in [7, 11) is 1.67. The average molecular weight is 399 g/mol.